The Bertz CT molecular complexity index is 3540. The van der Waals surface area contributed by atoms with E-state index in [-0.39, 0.29) is 17.9 Å². The Balaban J connectivity index is 1.12. The number of nitrogens with zero attached hydrogens (tertiary/aromatic N) is 4. The van der Waals surface area contributed by atoms with Crippen molar-refractivity contribution in [3.8, 4) is 44.5 Å². The third-order valence-electron chi connectivity index (χ3n) is 11.8. The lowest BCUT2D eigenvalue weighted by atomic mass is 10.0. The number of pyridine rings is 2. The molecule has 2 aliphatic rings. The van der Waals surface area contributed by atoms with E-state index in [1.807, 2.05) is 109 Å². The van der Waals surface area contributed by atoms with Crippen LogP contribution in [0.3, 0.4) is 0 Å². The number of para-hydroxylation sites is 1. The summed E-state index contributed by atoms with van der Waals surface area (Å²) in [5.74, 6) is -0.893. The van der Waals surface area contributed by atoms with Crippen LogP contribution < -0.4 is 10.6 Å². The number of anilines is 1. The largest absolute Gasteiger partial charge is 0.354 e. The molecule has 320 valence electrons. The molecule has 10 heteroatoms. The highest BCUT2D eigenvalue weighted by molar-refractivity contribution is 6.08. The third-order valence-corrected chi connectivity index (χ3v) is 11.8. The third kappa shape index (κ3) is 8.11. The van der Waals surface area contributed by atoms with Crippen molar-refractivity contribution in [1.82, 2.24) is 35.2 Å². The van der Waals surface area contributed by atoms with Gasteiger partial charge in [-0.2, -0.15) is 0 Å². The first kappa shape index (κ1) is 40.5. The first-order valence-electron chi connectivity index (χ1n) is 21.9. The van der Waals surface area contributed by atoms with E-state index in [1.54, 1.807) is 24.4 Å². The van der Waals surface area contributed by atoms with Crippen LogP contribution in [0.1, 0.15) is 49.4 Å². The van der Waals surface area contributed by atoms with E-state index in [2.05, 4.69) is 103 Å². The lowest BCUT2D eigenvalue weighted by molar-refractivity contribution is 0.0945. The zero-order valence-electron chi connectivity index (χ0n) is 35.9. The monoisotopic (exact) mass is 868 g/mol. The van der Waals surface area contributed by atoms with Gasteiger partial charge in [-0.05, 0) is 95.6 Å². The van der Waals surface area contributed by atoms with Gasteiger partial charge in [-0.15, -0.1) is 0 Å². The second kappa shape index (κ2) is 17.7. The zero-order valence-corrected chi connectivity index (χ0v) is 35.9. The maximum Gasteiger partial charge on any atom is 0.274 e. The van der Waals surface area contributed by atoms with Crippen LogP contribution in [0.25, 0.3) is 90.9 Å². The summed E-state index contributed by atoms with van der Waals surface area (Å²) in [5.41, 5.74) is 15.3. The maximum atomic E-state index is 14.2. The van der Waals surface area contributed by atoms with Gasteiger partial charge in [0.1, 0.15) is 11.4 Å². The standard InChI is InChI=1S/C57H40N8O2/c66-56(59-35-39-21-12-13-34-58-39)50-24-14-25-51(64-50)57(67)65-41-23-11-10-22-40(41)55-48-32-30-46(62-48)53(37-17-6-2-7-18-37)44-28-26-42(60-44)52(36-15-4-1-5-16-36)43-27-29-45(61-43)54(38-19-8-3-9-20-38)47-31-33-49(55)63-47/h1-34,60,63H,35H2,(H,59,66)(H,65,67). The molecule has 0 saturated carbocycles. The molecule has 2 aliphatic heterocycles. The molecule has 9 aromatic rings. The molecule has 2 amide bonds. The van der Waals surface area contributed by atoms with E-state index in [9.17, 15) is 9.59 Å². The highest BCUT2D eigenvalue weighted by Gasteiger charge is 2.21. The molecule has 0 aliphatic carbocycles. The Morgan fingerprint density at radius 3 is 1.37 bits per heavy atom. The molecule has 0 spiro atoms. The molecule has 11 rings (SSSR count). The van der Waals surface area contributed by atoms with Gasteiger partial charge in [0.15, 0.2) is 0 Å². The minimum Gasteiger partial charge on any atom is -0.354 e. The van der Waals surface area contributed by atoms with Crippen molar-refractivity contribution >= 4 is 63.9 Å². The highest BCUT2D eigenvalue weighted by atomic mass is 16.2. The number of aromatic amines is 2. The number of hydrogen-bond acceptors (Lipinski definition) is 6. The van der Waals surface area contributed by atoms with Gasteiger partial charge in [0.2, 0.25) is 0 Å². The molecule has 4 N–H and O–H groups in total. The molecule has 10 nitrogen and oxygen atoms in total. The fourth-order valence-electron chi connectivity index (χ4n) is 8.66. The quantitative estimate of drug-likeness (QED) is 0.114. The van der Waals surface area contributed by atoms with Gasteiger partial charge in [-0.1, -0.05) is 121 Å². The lowest BCUT2D eigenvalue weighted by Crippen LogP contribution is -2.25. The fourth-order valence-corrected chi connectivity index (χ4v) is 8.66. The summed E-state index contributed by atoms with van der Waals surface area (Å²) in [7, 11) is 0. The number of nitrogens with one attached hydrogen (secondary N) is 4. The maximum absolute atomic E-state index is 14.2. The molecule has 67 heavy (non-hydrogen) atoms. The van der Waals surface area contributed by atoms with Gasteiger partial charge in [0, 0.05) is 61.8 Å². The van der Waals surface area contributed by atoms with E-state index in [1.165, 1.54) is 0 Å². The van der Waals surface area contributed by atoms with Crippen LogP contribution in [0.5, 0.6) is 0 Å². The molecular formula is C57H40N8O2. The molecule has 5 aromatic heterocycles. The molecule has 0 atom stereocenters. The van der Waals surface area contributed by atoms with Crippen molar-refractivity contribution in [3.63, 3.8) is 0 Å². The SMILES string of the molecule is O=C(NCc1ccccn1)c1cccc(C(=O)Nc2ccccc2-c2c3nc(c(-c4ccccc4)c4ccc([nH]4)c(-c4ccccc4)c4nc(c(-c5ccccc5)c5ccc2[nH]5)C=C4)C=C3)n1. The molecule has 7 heterocycles. The summed E-state index contributed by atoms with van der Waals surface area (Å²) in [6.07, 6.45) is 9.91. The molecule has 4 aromatic carbocycles. The van der Waals surface area contributed by atoms with Crippen LogP contribution >= 0.6 is 0 Å². The van der Waals surface area contributed by atoms with Crippen LogP contribution in [-0.2, 0) is 6.54 Å². The van der Waals surface area contributed by atoms with Gasteiger partial charge in [-0.3, -0.25) is 14.6 Å². The normalized spacial score (nSPS) is 11.6. The summed E-state index contributed by atoms with van der Waals surface area (Å²) < 4.78 is 0. The van der Waals surface area contributed by atoms with Gasteiger partial charge >= 0.3 is 0 Å². The van der Waals surface area contributed by atoms with E-state index >= 15 is 0 Å². The van der Waals surface area contributed by atoms with E-state index < -0.39 is 11.8 Å². The van der Waals surface area contributed by atoms with Crippen molar-refractivity contribution in [3.05, 3.63) is 222 Å². The lowest BCUT2D eigenvalue weighted by Gasteiger charge is -2.13. The van der Waals surface area contributed by atoms with E-state index in [0.717, 1.165) is 83.7 Å². The Labute approximate surface area is 385 Å². The molecule has 0 unspecified atom stereocenters. The summed E-state index contributed by atoms with van der Waals surface area (Å²) in [5, 5.41) is 5.97. The van der Waals surface area contributed by atoms with Gasteiger partial charge in [-0.25, -0.2) is 15.0 Å². The number of amides is 2. The predicted molar refractivity (Wildman–Crippen MR) is 268 cm³/mol. The topological polar surface area (TPSA) is 141 Å². The van der Waals surface area contributed by atoms with Gasteiger partial charge < -0.3 is 20.6 Å². The molecule has 0 fully saturated rings. The highest BCUT2D eigenvalue weighted by Crippen LogP contribution is 2.40. The molecule has 8 bridgehead atoms. The number of hydrogen-bond donors (Lipinski definition) is 4. The Kier molecular flexibility index (Phi) is 10.7. The second-order valence-corrected chi connectivity index (χ2v) is 16.0. The minimum atomic E-state index is -0.476. The van der Waals surface area contributed by atoms with Crippen molar-refractivity contribution in [2.45, 2.75) is 6.54 Å². The molecule has 0 saturated heterocycles. The van der Waals surface area contributed by atoms with Crippen molar-refractivity contribution in [2.75, 3.05) is 5.32 Å². The summed E-state index contributed by atoms with van der Waals surface area (Å²) >= 11 is 0. The summed E-state index contributed by atoms with van der Waals surface area (Å²) in [4.78, 5) is 54.5. The summed E-state index contributed by atoms with van der Waals surface area (Å²) in [6, 6.07) is 57.2. The average Bonchev–Trinajstić information content (AvgIpc) is 4.24. The van der Waals surface area contributed by atoms with Crippen molar-refractivity contribution in [1.29, 1.82) is 0 Å². The van der Waals surface area contributed by atoms with Crippen LogP contribution in [0.15, 0.2) is 182 Å². The average molecular weight is 869 g/mol. The van der Waals surface area contributed by atoms with Gasteiger partial charge in [0.25, 0.3) is 11.8 Å². The number of aromatic nitrogens is 6. The van der Waals surface area contributed by atoms with Gasteiger partial charge in [0.05, 0.1) is 35.0 Å². The number of carbonyl (C=O) groups excluding carboxylic acids is 2. The van der Waals surface area contributed by atoms with Crippen molar-refractivity contribution < 1.29 is 9.59 Å². The van der Waals surface area contributed by atoms with Crippen molar-refractivity contribution in [2.24, 2.45) is 0 Å². The number of H-pyrrole nitrogens is 2. The minimum absolute atomic E-state index is 0.0860. The first-order chi connectivity index (χ1) is 33.0. The Morgan fingerprint density at radius 2 is 0.866 bits per heavy atom. The Morgan fingerprint density at radius 1 is 0.418 bits per heavy atom. The molecular weight excluding hydrogens is 829 g/mol. The smallest absolute Gasteiger partial charge is 0.274 e. The fraction of sp³-hybridized carbons (Fsp3) is 0.0175. The predicted octanol–water partition coefficient (Wildman–Crippen LogP) is 12.3. The van der Waals surface area contributed by atoms with Crippen LogP contribution in [0.2, 0.25) is 0 Å². The van der Waals surface area contributed by atoms with Crippen LogP contribution in [-0.4, -0.2) is 41.7 Å². The van der Waals surface area contributed by atoms with Crippen LogP contribution in [0.4, 0.5) is 5.69 Å². The number of rotatable bonds is 9. The number of benzene rings is 4. The second-order valence-electron chi connectivity index (χ2n) is 16.0. The Hall–Kier alpha value is -9.28. The molecule has 0 radical (unpaired) electrons. The number of carbonyl (C=O) groups is 2. The van der Waals surface area contributed by atoms with Crippen LogP contribution in [0, 0.1) is 0 Å². The summed E-state index contributed by atoms with van der Waals surface area (Å²) in [6.45, 7) is 0.223. The first-order valence-corrected chi connectivity index (χ1v) is 21.9. The van der Waals surface area contributed by atoms with E-state index in [0.29, 0.717) is 17.1 Å². The number of fused-ring (bicyclic) bond motifs is 8. The zero-order chi connectivity index (χ0) is 45.1. The van der Waals surface area contributed by atoms with E-state index in [4.69, 9.17) is 9.97 Å².